The van der Waals surface area contributed by atoms with E-state index in [2.05, 4.69) is 0 Å². The van der Waals surface area contributed by atoms with Gasteiger partial charge in [0.2, 0.25) is 0 Å². The molecule has 0 saturated carbocycles. The zero-order valence-corrected chi connectivity index (χ0v) is 10.5. The van der Waals surface area contributed by atoms with Gasteiger partial charge < -0.3 is 9.47 Å². The van der Waals surface area contributed by atoms with Crippen LogP contribution >= 0.6 is 0 Å². The summed E-state index contributed by atoms with van der Waals surface area (Å²) in [6.45, 7) is 6.80. The Kier molecular flexibility index (Phi) is 8.58. The fraction of sp³-hybridized carbons (Fsp3) is 0.833. The molecule has 4 heteroatoms. The van der Waals surface area contributed by atoms with Crippen molar-refractivity contribution in [3.63, 3.8) is 0 Å². The molecule has 0 aliphatic rings. The first-order valence-corrected chi connectivity index (χ1v) is 5.87. The summed E-state index contributed by atoms with van der Waals surface area (Å²) >= 11 is 0. The molecule has 94 valence electrons. The highest BCUT2D eigenvalue weighted by Crippen LogP contribution is 2.00. The van der Waals surface area contributed by atoms with Crippen LogP contribution in [0.25, 0.3) is 0 Å². The number of esters is 2. The van der Waals surface area contributed by atoms with E-state index < -0.39 is 0 Å². The Labute approximate surface area is 97.3 Å². The van der Waals surface area contributed by atoms with Gasteiger partial charge in [0.1, 0.15) is 0 Å². The normalized spacial score (nSPS) is 10.2. The Balaban J connectivity index is 3.47. The topological polar surface area (TPSA) is 52.6 Å². The van der Waals surface area contributed by atoms with Gasteiger partial charge in [-0.3, -0.25) is 9.59 Å². The summed E-state index contributed by atoms with van der Waals surface area (Å²) in [5.41, 5.74) is 0. The van der Waals surface area contributed by atoms with Gasteiger partial charge in [0.05, 0.1) is 26.1 Å². The molecule has 0 aliphatic carbocycles. The lowest BCUT2D eigenvalue weighted by Crippen LogP contribution is -2.13. The van der Waals surface area contributed by atoms with Gasteiger partial charge in [-0.25, -0.2) is 0 Å². The van der Waals surface area contributed by atoms with Crippen LogP contribution in [0.4, 0.5) is 0 Å². The molecule has 0 heterocycles. The SMILES string of the molecule is CCCCOC(=O)CCC(=O)OCC(C)C. The first kappa shape index (κ1) is 14.9. The van der Waals surface area contributed by atoms with E-state index in [1.54, 1.807) is 0 Å². The minimum Gasteiger partial charge on any atom is -0.466 e. The minimum absolute atomic E-state index is 0.109. The fourth-order valence-corrected chi connectivity index (χ4v) is 0.938. The average molecular weight is 230 g/mol. The molecule has 0 spiro atoms. The van der Waals surface area contributed by atoms with Gasteiger partial charge in [0.25, 0.3) is 0 Å². The number of rotatable bonds is 8. The Morgan fingerprint density at radius 3 is 2.12 bits per heavy atom. The van der Waals surface area contributed by atoms with Crippen LogP contribution in [0.3, 0.4) is 0 Å². The van der Waals surface area contributed by atoms with E-state index in [9.17, 15) is 9.59 Å². The zero-order valence-electron chi connectivity index (χ0n) is 10.5. The first-order chi connectivity index (χ1) is 7.56. The molecule has 0 aliphatic heterocycles. The quantitative estimate of drug-likeness (QED) is 0.474. The van der Waals surface area contributed by atoms with E-state index in [4.69, 9.17) is 9.47 Å². The van der Waals surface area contributed by atoms with Crippen LogP contribution in [0.15, 0.2) is 0 Å². The van der Waals surface area contributed by atoms with Crippen molar-refractivity contribution in [3.05, 3.63) is 0 Å². The van der Waals surface area contributed by atoms with E-state index in [1.165, 1.54) is 0 Å². The van der Waals surface area contributed by atoms with E-state index in [-0.39, 0.29) is 24.8 Å². The standard InChI is InChI=1S/C12H22O4/c1-4-5-8-15-11(13)6-7-12(14)16-9-10(2)3/h10H,4-9H2,1-3H3. The van der Waals surface area contributed by atoms with Gasteiger partial charge in [-0.1, -0.05) is 27.2 Å². The lowest BCUT2D eigenvalue weighted by Gasteiger charge is -2.07. The van der Waals surface area contributed by atoms with Gasteiger partial charge in [-0.05, 0) is 12.3 Å². The van der Waals surface area contributed by atoms with Gasteiger partial charge in [-0.2, -0.15) is 0 Å². The highest BCUT2D eigenvalue weighted by molar-refractivity contribution is 5.77. The largest absolute Gasteiger partial charge is 0.466 e. The summed E-state index contributed by atoms with van der Waals surface area (Å²) in [7, 11) is 0. The highest BCUT2D eigenvalue weighted by atomic mass is 16.5. The molecule has 0 atom stereocenters. The number of ether oxygens (including phenoxy) is 2. The van der Waals surface area contributed by atoms with Crippen molar-refractivity contribution in [1.29, 1.82) is 0 Å². The maximum absolute atomic E-state index is 11.2. The maximum atomic E-state index is 11.2. The number of carbonyl (C=O) groups excluding carboxylic acids is 2. The second-order valence-corrected chi connectivity index (χ2v) is 4.15. The molecule has 0 rings (SSSR count). The van der Waals surface area contributed by atoms with Crippen LogP contribution in [0.5, 0.6) is 0 Å². The minimum atomic E-state index is -0.332. The summed E-state index contributed by atoms with van der Waals surface area (Å²) in [6.07, 6.45) is 2.07. The van der Waals surface area contributed by atoms with Gasteiger partial charge >= 0.3 is 11.9 Å². The summed E-state index contributed by atoms with van der Waals surface area (Å²) in [5, 5.41) is 0. The van der Waals surface area contributed by atoms with Crippen molar-refractivity contribution in [1.82, 2.24) is 0 Å². The Morgan fingerprint density at radius 2 is 1.62 bits per heavy atom. The second kappa shape index (κ2) is 9.19. The molecule has 0 bridgehead atoms. The molecule has 0 aromatic carbocycles. The first-order valence-electron chi connectivity index (χ1n) is 5.87. The van der Waals surface area contributed by atoms with Crippen LogP contribution in [-0.4, -0.2) is 25.2 Å². The Hall–Kier alpha value is -1.06. The molecule has 0 fully saturated rings. The predicted molar refractivity (Wildman–Crippen MR) is 60.9 cm³/mol. The van der Waals surface area contributed by atoms with Crippen LogP contribution in [-0.2, 0) is 19.1 Å². The Morgan fingerprint density at radius 1 is 1.06 bits per heavy atom. The van der Waals surface area contributed by atoms with Gasteiger partial charge in [0, 0.05) is 0 Å². The molecule has 4 nitrogen and oxygen atoms in total. The third kappa shape index (κ3) is 9.49. The predicted octanol–water partition coefficient (Wildman–Crippen LogP) is 2.31. The molecule has 0 saturated heterocycles. The van der Waals surface area contributed by atoms with E-state index in [1.807, 2.05) is 20.8 Å². The Bertz CT molecular complexity index is 211. The van der Waals surface area contributed by atoms with E-state index in [0.717, 1.165) is 12.8 Å². The average Bonchev–Trinajstić information content (AvgIpc) is 2.24. The monoisotopic (exact) mass is 230 g/mol. The molecular weight excluding hydrogens is 208 g/mol. The van der Waals surface area contributed by atoms with Crippen LogP contribution < -0.4 is 0 Å². The lowest BCUT2D eigenvalue weighted by atomic mass is 10.2. The summed E-state index contributed by atoms with van der Waals surface area (Å²) < 4.78 is 9.84. The van der Waals surface area contributed by atoms with Crippen molar-refractivity contribution < 1.29 is 19.1 Å². The van der Waals surface area contributed by atoms with Crippen molar-refractivity contribution in [3.8, 4) is 0 Å². The molecule has 0 radical (unpaired) electrons. The van der Waals surface area contributed by atoms with Crippen LogP contribution in [0.1, 0.15) is 46.5 Å². The maximum Gasteiger partial charge on any atom is 0.306 e. The highest BCUT2D eigenvalue weighted by Gasteiger charge is 2.09. The van der Waals surface area contributed by atoms with Gasteiger partial charge in [0.15, 0.2) is 0 Å². The fourth-order valence-electron chi connectivity index (χ4n) is 0.938. The lowest BCUT2D eigenvalue weighted by molar-refractivity contribution is -0.151. The van der Waals surface area contributed by atoms with Crippen LogP contribution in [0.2, 0.25) is 0 Å². The third-order valence-electron chi connectivity index (χ3n) is 1.87. The number of unbranched alkanes of at least 4 members (excludes halogenated alkanes) is 1. The number of hydrogen-bond donors (Lipinski definition) is 0. The number of hydrogen-bond acceptors (Lipinski definition) is 4. The van der Waals surface area contributed by atoms with Crippen molar-refractivity contribution in [2.45, 2.75) is 46.5 Å². The van der Waals surface area contributed by atoms with Gasteiger partial charge in [-0.15, -0.1) is 0 Å². The molecule has 0 amide bonds. The molecule has 16 heavy (non-hydrogen) atoms. The molecule has 0 aromatic rings. The zero-order chi connectivity index (χ0) is 12.4. The number of carbonyl (C=O) groups is 2. The molecule has 0 N–H and O–H groups in total. The summed E-state index contributed by atoms with van der Waals surface area (Å²) in [4.78, 5) is 22.3. The summed E-state index contributed by atoms with van der Waals surface area (Å²) in [6, 6.07) is 0. The molecule has 0 aromatic heterocycles. The molecule has 0 unspecified atom stereocenters. The van der Waals surface area contributed by atoms with E-state index >= 15 is 0 Å². The summed E-state index contributed by atoms with van der Waals surface area (Å²) in [5.74, 6) is -0.337. The van der Waals surface area contributed by atoms with Crippen molar-refractivity contribution >= 4 is 11.9 Å². The van der Waals surface area contributed by atoms with E-state index in [0.29, 0.717) is 19.1 Å². The third-order valence-corrected chi connectivity index (χ3v) is 1.87. The molecular formula is C12H22O4. The smallest absolute Gasteiger partial charge is 0.306 e. The van der Waals surface area contributed by atoms with Crippen LogP contribution in [0, 0.1) is 5.92 Å². The van der Waals surface area contributed by atoms with Crippen molar-refractivity contribution in [2.75, 3.05) is 13.2 Å². The van der Waals surface area contributed by atoms with Crippen molar-refractivity contribution in [2.24, 2.45) is 5.92 Å². The second-order valence-electron chi connectivity index (χ2n) is 4.15.